The van der Waals surface area contributed by atoms with Crippen molar-refractivity contribution in [1.29, 1.82) is 0 Å². The van der Waals surface area contributed by atoms with E-state index in [0.717, 1.165) is 16.9 Å². The van der Waals surface area contributed by atoms with Crippen molar-refractivity contribution in [3.05, 3.63) is 45.1 Å². The fourth-order valence-electron chi connectivity index (χ4n) is 2.12. The topological polar surface area (TPSA) is 59.9 Å². The maximum Gasteiger partial charge on any atom is 0.245 e. The molecule has 3 rings (SSSR count). The minimum Gasteiger partial charge on any atom is -0.489 e. The number of thiophene rings is 1. The van der Waals surface area contributed by atoms with E-state index in [2.05, 4.69) is 10.5 Å². The normalized spacial score (nSPS) is 13.8. The molecular weight excluding hydrogens is 336 g/mol. The highest BCUT2D eigenvalue weighted by atomic mass is 35.5. The molecule has 1 aliphatic rings. The van der Waals surface area contributed by atoms with E-state index >= 15 is 0 Å². The number of hydrogen-bond acceptors (Lipinski definition) is 5. The molecule has 23 heavy (non-hydrogen) atoms. The Morgan fingerprint density at radius 1 is 1.39 bits per heavy atom. The van der Waals surface area contributed by atoms with E-state index in [1.165, 1.54) is 17.6 Å². The Bertz CT molecular complexity index is 716. The van der Waals surface area contributed by atoms with E-state index in [0.29, 0.717) is 36.2 Å². The van der Waals surface area contributed by atoms with Crippen molar-refractivity contribution in [2.75, 3.05) is 13.2 Å². The van der Waals surface area contributed by atoms with Crippen LogP contribution in [0.5, 0.6) is 11.5 Å². The minimum absolute atomic E-state index is 0.163. The number of ether oxygens (including phenoxy) is 2. The molecule has 0 bridgehead atoms. The van der Waals surface area contributed by atoms with Crippen LogP contribution in [0, 0.1) is 0 Å². The van der Waals surface area contributed by atoms with Gasteiger partial charge in [-0.25, -0.2) is 5.43 Å². The van der Waals surface area contributed by atoms with Gasteiger partial charge in [0.25, 0.3) is 0 Å². The molecule has 1 N–H and O–H groups in total. The van der Waals surface area contributed by atoms with Crippen LogP contribution in [0.15, 0.2) is 34.7 Å². The Morgan fingerprint density at radius 3 is 3.09 bits per heavy atom. The summed E-state index contributed by atoms with van der Waals surface area (Å²) in [5.74, 6) is 0.994. The van der Waals surface area contributed by atoms with Crippen LogP contribution in [-0.4, -0.2) is 25.3 Å². The second-order valence-corrected chi connectivity index (χ2v) is 6.37. The van der Waals surface area contributed by atoms with Gasteiger partial charge in [0.2, 0.25) is 5.91 Å². The van der Waals surface area contributed by atoms with Crippen LogP contribution in [0.3, 0.4) is 0 Å². The van der Waals surface area contributed by atoms with Gasteiger partial charge in [0.15, 0.2) is 11.5 Å². The van der Waals surface area contributed by atoms with Crippen LogP contribution in [0.1, 0.15) is 16.9 Å². The number of hydrogen-bond donors (Lipinski definition) is 1. The Balaban J connectivity index is 1.64. The first-order valence-corrected chi connectivity index (χ1v) is 8.41. The molecule has 1 aromatic carbocycles. The van der Waals surface area contributed by atoms with Gasteiger partial charge in [-0.15, -0.1) is 11.3 Å². The summed E-state index contributed by atoms with van der Waals surface area (Å²) < 4.78 is 11.2. The number of amides is 1. The van der Waals surface area contributed by atoms with Gasteiger partial charge in [0.05, 0.1) is 30.9 Å². The first-order chi connectivity index (χ1) is 11.2. The van der Waals surface area contributed by atoms with E-state index < -0.39 is 0 Å². The average molecular weight is 351 g/mol. The van der Waals surface area contributed by atoms with Gasteiger partial charge in [-0.3, -0.25) is 4.79 Å². The number of nitrogens with one attached hydrogen (secondary N) is 1. The van der Waals surface area contributed by atoms with Crippen LogP contribution < -0.4 is 14.9 Å². The molecule has 0 unspecified atom stereocenters. The molecule has 120 valence electrons. The highest BCUT2D eigenvalue weighted by molar-refractivity contribution is 7.10. The van der Waals surface area contributed by atoms with Crippen molar-refractivity contribution in [3.63, 3.8) is 0 Å². The fraction of sp³-hybridized carbons (Fsp3) is 0.250. The lowest BCUT2D eigenvalue weighted by atomic mass is 10.2. The molecule has 0 saturated carbocycles. The molecule has 0 radical (unpaired) electrons. The molecule has 0 saturated heterocycles. The maximum atomic E-state index is 11.8. The van der Waals surface area contributed by atoms with Crippen LogP contribution in [0.4, 0.5) is 0 Å². The molecule has 1 amide bonds. The van der Waals surface area contributed by atoms with Crippen molar-refractivity contribution in [1.82, 2.24) is 5.43 Å². The zero-order valence-corrected chi connectivity index (χ0v) is 13.8. The number of rotatable bonds is 4. The van der Waals surface area contributed by atoms with E-state index in [4.69, 9.17) is 21.1 Å². The lowest BCUT2D eigenvalue weighted by Gasteiger charge is -2.09. The smallest absolute Gasteiger partial charge is 0.245 e. The Labute approximate surface area is 142 Å². The average Bonchev–Trinajstić information content (AvgIpc) is 2.90. The number of carbonyl (C=O) groups excluding carboxylic acids is 1. The molecule has 5 nitrogen and oxygen atoms in total. The molecule has 0 spiro atoms. The van der Waals surface area contributed by atoms with Crippen LogP contribution in [0.2, 0.25) is 5.02 Å². The number of nitrogens with zero attached hydrogens (tertiary/aromatic N) is 1. The molecule has 1 aliphatic heterocycles. The fourth-order valence-corrected chi connectivity index (χ4v) is 3.09. The highest BCUT2D eigenvalue weighted by Crippen LogP contribution is 2.37. The first-order valence-electron chi connectivity index (χ1n) is 7.16. The Morgan fingerprint density at radius 2 is 2.26 bits per heavy atom. The summed E-state index contributed by atoms with van der Waals surface area (Å²) in [7, 11) is 0. The summed E-state index contributed by atoms with van der Waals surface area (Å²) in [4.78, 5) is 12.8. The lowest BCUT2D eigenvalue weighted by Crippen LogP contribution is -2.19. The van der Waals surface area contributed by atoms with Gasteiger partial charge in [0, 0.05) is 11.3 Å². The van der Waals surface area contributed by atoms with E-state index in [9.17, 15) is 4.79 Å². The Hall–Kier alpha value is -2.05. The highest BCUT2D eigenvalue weighted by Gasteiger charge is 2.15. The summed E-state index contributed by atoms with van der Waals surface area (Å²) in [6.45, 7) is 1.17. The number of carbonyl (C=O) groups is 1. The zero-order valence-electron chi connectivity index (χ0n) is 12.3. The van der Waals surface area contributed by atoms with Crippen LogP contribution >= 0.6 is 22.9 Å². The summed E-state index contributed by atoms with van der Waals surface area (Å²) in [5, 5.41) is 6.37. The zero-order chi connectivity index (χ0) is 16.1. The molecule has 2 aromatic rings. The van der Waals surface area contributed by atoms with Crippen molar-refractivity contribution in [2.45, 2.75) is 12.8 Å². The number of hydrazone groups is 1. The number of fused-ring (bicyclic) bond motifs is 1. The molecule has 0 atom stereocenters. The third kappa shape index (κ3) is 4.24. The largest absolute Gasteiger partial charge is 0.489 e. The quantitative estimate of drug-likeness (QED) is 0.680. The van der Waals surface area contributed by atoms with Crippen molar-refractivity contribution >= 4 is 35.1 Å². The molecule has 1 aromatic heterocycles. The third-order valence-corrected chi connectivity index (χ3v) is 4.30. The Kier molecular flexibility index (Phi) is 5.15. The van der Waals surface area contributed by atoms with Gasteiger partial charge in [0.1, 0.15) is 0 Å². The lowest BCUT2D eigenvalue weighted by molar-refractivity contribution is -0.120. The summed E-state index contributed by atoms with van der Waals surface area (Å²) in [6.07, 6.45) is 2.66. The molecular formula is C16H15ClN2O3S. The summed E-state index contributed by atoms with van der Waals surface area (Å²) >= 11 is 7.74. The maximum absolute atomic E-state index is 11.8. The van der Waals surface area contributed by atoms with Gasteiger partial charge in [-0.1, -0.05) is 17.7 Å². The van der Waals surface area contributed by atoms with Gasteiger partial charge >= 0.3 is 0 Å². The molecule has 7 heteroatoms. The van der Waals surface area contributed by atoms with Gasteiger partial charge in [-0.05, 0) is 29.1 Å². The summed E-state index contributed by atoms with van der Waals surface area (Å²) in [6, 6.07) is 7.35. The standard InChI is InChI=1S/C16H15ClN2O3S/c17-13-7-11(8-14-16(13)22-5-2-4-21-14)10-18-19-15(20)9-12-3-1-6-23-12/h1,3,6-8,10H,2,4-5,9H2,(H,19,20)/b18-10-. The van der Waals surface area contributed by atoms with E-state index in [-0.39, 0.29) is 5.91 Å². The third-order valence-electron chi connectivity index (χ3n) is 3.14. The molecule has 2 heterocycles. The number of benzene rings is 1. The van der Waals surface area contributed by atoms with Crippen molar-refractivity contribution in [3.8, 4) is 11.5 Å². The van der Waals surface area contributed by atoms with Crippen LogP contribution in [0.25, 0.3) is 0 Å². The minimum atomic E-state index is -0.163. The monoisotopic (exact) mass is 350 g/mol. The van der Waals surface area contributed by atoms with Gasteiger partial charge in [-0.2, -0.15) is 5.10 Å². The number of halogens is 1. The predicted octanol–water partition coefficient (Wildman–Crippen LogP) is 3.26. The van der Waals surface area contributed by atoms with Crippen molar-refractivity contribution in [2.24, 2.45) is 5.10 Å². The van der Waals surface area contributed by atoms with Crippen LogP contribution in [-0.2, 0) is 11.2 Å². The molecule has 0 fully saturated rings. The second kappa shape index (κ2) is 7.48. The summed E-state index contributed by atoms with van der Waals surface area (Å²) in [5.41, 5.74) is 3.24. The second-order valence-electron chi connectivity index (χ2n) is 4.93. The van der Waals surface area contributed by atoms with E-state index in [1.807, 2.05) is 17.5 Å². The molecule has 0 aliphatic carbocycles. The predicted molar refractivity (Wildman–Crippen MR) is 90.8 cm³/mol. The van der Waals surface area contributed by atoms with Crippen molar-refractivity contribution < 1.29 is 14.3 Å². The first kappa shape index (κ1) is 15.8. The SMILES string of the molecule is O=C(Cc1cccs1)N/N=C\c1cc(Cl)c2c(c1)OCCCO2. The van der Waals surface area contributed by atoms with Gasteiger partial charge < -0.3 is 9.47 Å². The van der Waals surface area contributed by atoms with E-state index in [1.54, 1.807) is 12.1 Å².